The first-order chi connectivity index (χ1) is 20.0. The number of anilines is 1. The number of aromatic nitrogens is 3. The van der Waals surface area contributed by atoms with Crippen LogP contribution in [-0.2, 0) is 15.7 Å². The second kappa shape index (κ2) is 10.3. The molecular weight excluding hydrogens is 553 g/mol. The number of fused-ring (bicyclic) bond motifs is 2. The number of alkyl halides is 3. The van der Waals surface area contributed by atoms with Gasteiger partial charge >= 0.3 is 18.1 Å². The molecule has 1 saturated heterocycles. The van der Waals surface area contributed by atoms with E-state index in [2.05, 4.69) is 19.9 Å². The Kier molecular flexibility index (Phi) is 6.78. The van der Waals surface area contributed by atoms with Crippen LogP contribution < -0.4 is 9.64 Å². The van der Waals surface area contributed by atoms with Crippen molar-refractivity contribution in [2.75, 3.05) is 25.1 Å². The van der Waals surface area contributed by atoms with Crippen molar-refractivity contribution in [3.8, 4) is 17.1 Å². The maximum Gasteiger partial charge on any atom is 0.416 e. The zero-order valence-electron chi connectivity index (χ0n) is 22.6. The van der Waals surface area contributed by atoms with Crippen LogP contribution in [0.1, 0.15) is 53.1 Å². The summed E-state index contributed by atoms with van der Waals surface area (Å²) >= 11 is 0. The Morgan fingerprint density at radius 1 is 1.14 bits per heavy atom. The van der Waals surface area contributed by atoms with Gasteiger partial charge in [-0.25, -0.2) is 14.8 Å². The maximum absolute atomic E-state index is 13.1. The summed E-state index contributed by atoms with van der Waals surface area (Å²) in [6.07, 6.45) is -1.07. The molecule has 6 rings (SSSR count). The fraction of sp³-hybridized carbons (Fsp3) is 0.333. The third-order valence-electron chi connectivity index (χ3n) is 8.07. The summed E-state index contributed by atoms with van der Waals surface area (Å²) in [7, 11) is 1.30. The molecule has 0 bridgehead atoms. The van der Waals surface area contributed by atoms with E-state index in [1.165, 1.54) is 13.2 Å². The van der Waals surface area contributed by atoms with E-state index in [-0.39, 0.29) is 17.9 Å². The molecule has 0 radical (unpaired) electrons. The van der Waals surface area contributed by atoms with Crippen molar-refractivity contribution in [1.29, 1.82) is 0 Å². The number of piperidine rings is 1. The molecule has 218 valence electrons. The molecule has 12 heteroatoms. The van der Waals surface area contributed by atoms with E-state index in [0.717, 1.165) is 18.0 Å². The quantitative estimate of drug-likeness (QED) is 0.284. The number of aromatic amines is 1. The summed E-state index contributed by atoms with van der Waals surface area (Å²) in [5.74, 6) is 0.0357. The Morgan fingerprint density at radius 2 is 1.93 bits per heavy atom. The molecule has 2 aromatic heterocycles. The van der Waals surface area contributed by atoms with Crippen LogP contribution in [0.25, 0.3) is 22.4 Å². The number of benzene rings is 2. The van der Waals surface area contributed by atoms with E-state index in [4.69, 9.17) is 9.47 Å². The number of methoxy groups -OCH3 is 1. The number of carboxylic acid groups (broad SMARTS) is 1. The van der Waals surface area contributed by atoms with Crippen LogP contribution in [0.5, 0.6) is 5.75 Å². The molecule has 2 aromatic carbocycles. The molecule has 2 aliphatic heterocycles. The minimum atomic E-state index is -4.44. The van der Waals surface area contributed by atoms with E-state index in [1.807, 2.05) is 12.1 Å². The predicted octanol–water partition coefficient (Wildman–Crippen LogP) is 5.81. The maximum atomic E-state index is 13.1. The third-order valence-corrected chi connectivity index (χ3v) is 8.07. The Hall–Kier alpha value is -4.61. The summed E-state index contributed by atoms with van der Waals surface area (Å²) < 4.78 is 50.5. The summed E-state index contributed by atoms with van der Waals surface area (Å²) in [5.41, 5.74) is 1.12. The van der Waals surface area contributed by atoms with Crippen LogP contribution in [0.4, 0.5) is 19.0 Å². The molecule has 2 N–H and O–H groups in total. The number of ether oxygens (including phenoxy) is 2. The normalized spacial score (nSPS) is 18.0. The second-order valence-corrected chi connectivity index (χ2v) is 10.7. The number of nitrogens with one attached hydrogen (secondary N) is 1. The minimum absolute atomic E-state index is 0.0746. The van der Waals surface area contributed by atoms with Gasteiger partial charge in [-0.1, -0.05) is 0 Å². The lowest BCUT2D eigenvalue weighted by atomic mass is 9.76. The molecule has 4 aromatic rings. The van der Waals surface area contributed by atoms with Gasteiger partial charge in [-0.2, -0.15) is 13.2 Å². The van der Waals surface area contributed by atoms with Gasteiger partial charge in [0.25, 0.3) is 0 Å². The van der Waals surface area contributed by atoms with Crippen molar-refractivity contribution in [2.45, 2.75) is 43.4 Å². The number of esters is 1. The van der Waals surface area contributed by atoms with E-state index < -0.39 is 29.3 Å². The first kappa shape index (κ1) is 27.6. The molecule has 1 unspecified atom stereocenters. The summed E-state index contributed by atoms with van der Waals surface area (Å²) in [6.45, 7) is 1.26. The molecular formula is C30H27F3N4O5. The van der Waals surface area contributed by atoms with Gasteiger partial charge in [-0.05, 0) is 60.5 Å². The number of carboxylic acids is 1. The average Bonchev–Trinajstić information content (AvgIpc) is 3.40. The standard InChI is InChI=1S/C30H27F3N4O5/c1-41-28(40)17-2-6-24-21(12-17)19(13-26(38)39)15-29(42-24)8-10-37(11-9-29)25-7-3-18(16-34-25)27-35-22-5-4-20(30(31,32)33)14-23(22)36-27/h2-7,12,14,16,19H,8-11,13,15H2,1H3,(H,35,36)(H,38,39). The number of rotatable bonds is 5. The average molecular weight is 581 g/mol. The number of hydrogen-bond donors (Lipinski definition) is 2. The van der Waals surface area contributed by atoms with Crippen molar-refractivity contribution < 1.29 is 37.3 Å². The van der Waals surface area contributed by atoms with Gasteiger partial charge in [0.05, 0.1) is 35.7 Å². The van der Waals surface area contributed by atoms with Gasteiger partial charge in [0.15, 0.2) is 0 Å². The molecule has 1 atom stereocenters. The Balaban J connectivity index is 1.17. The number of aliphatic carboxylic acids is 1. The van der Waals surface area contributed by atoms with Crippen LogP contribution >= 0.6 is 0 Å². The smallest absolute Gasteiger partial charge is 0.416 e. The number of pyridine rings is 1. The lowest BCUT2D eigenvalue weighted by molar-refractivity contribution is -0.138. The van der Waals surface area contributed by atoms with Crippen LogP contribution in [0, 0.1) is 0 Å². The van der Waals surface area contributed by atoms with Crippen LogP contribution in [0.15, 0.2) is 54.7 Å². The molecule has 1 fully saturated rings. The summed E-state index contributed by atoms with van der Waals surface area (Å²) in [4.78, 5) is 37.8. The van der Waals surface area contributed by atoms with Crippen molar-refractivity contribution in [3.63, 3.8) is 0 Å². The van der Waals surface area contributed by atoms with Crippen molar-refractivity contribution in [1.82, 2.24) is 15.0 Å². The first-order valence-electron chi connectivity index (χ1n) is 13.4. The molecule has 0 saturated carbocycles. The van der Waals surface area contributed by atoms with Crippen LogP contribution in [0.2, 0.25) is 0 Å². The van der Waals surface area contributed by atoms with E-state index in [0.29, 0.717) is 66.1 Å². The van der Waals surface area contributed by atoms with Gasteiger partial charge in [-0.15, -0.1) is 0 Å². The van der Waals surface area contributed by atoms with Crippen molar-refractivity contribution >= 4 is 28.8 Å². The minimum Gasteiger partial charge on any atom is -0.487 e. The molecule has 0 amide bonds. The lowest BCUT2D eigenvalue weighted by Gasteiger charge is -2.47. The first-order valence-corrected chi connectivity index (χ1v) is 13.4. The highest BCUT2D eigenvalue weighted by Crippen LogP contribution is 2.47. The fourth-order valence-electron chi connectivity index (χ4n) is 5.91. The summed E-state index contributed by atoms with van der Waals surface area (Å²) in [5, 5.41) is 9.58. The van der Waals surface area contributed by atoms with E-state index >= 15 is 0 Å². The van der Waals surface area contributed by atoms with Gasteiger partial charge in [0.1, 0.15) is 23.0 Å². The Morgan fingerprint density at radius 3 is 2.60 bits per heavy atom. The van der Waals surface area contributed by atoms with Gasteiger partial charge in [-0.3, -0.25) is 4.79 Å². The Labute approximate surface area is 238 Å². The Bertz CT molecular complexity index is 1660. The highest BCUT2D eigenvalue weighted by molar-refractivity contribution is 5.90. The summed E-state index contributed by atoms with van der Waals surface area (Å²) in [6, 6.07) is 12.1. The zero-order chi connectivity index (χ0) is 29.6. The number of carbonyl (C=O) groups is 2. The van der Waals surface area contributed by atoms with Crippen molar-refractivity contribution in [2.24, 2.45) is 0 Å². The highest BCUT2D eigenvalue weighted by atomic mass is 19.4. The predicted molar refractivity (Wildman–Crippen MR) is 147 cm³/mol. The largest absolute Gasteiger partial charge is 0.487 e. The number of nitrogens with zero attached hydrogens (tertiary/aromatic N) is 3. The number of carbonyl (C=O) groups excluding carboxylic acids is 1. The number of hydrogen-bond acceptors (Lipinski definition) is 7. The SMILES string of the molecule is COC(=O)c1ccc2c(c1)C(CC(=O)O)CC1(CCN(c3ccc(-c4nc5cc(C(F)(F)F)ccc5[nH]4)cn3)CC1)O2. The van der Waals surface area contributed by atoms with Gasteiger partial charge in [0.2, 0.25) is 0 Å². The topological polar surface area (TPSA) is 118 Å². The zero-order valence-corrected chi connectivity index (χ0v) is 22.6. The van der Waals surface area contributed by atoms with Crippen molar-refractivity contribution in [3.05, 3.63) is 71.4 Å². The molecule has 2 aliphatic rings. The number of halogens is 3. The van der Waals surface area contributed by atoms with E-state index in [1.54, 1.807) is 24.4 Å². The molecule has 9 nitrogen and oxygen atoms in total. The third kappa shape index (κ3) is 5.24. The molecule has 0 aliphatic carbocycles. The monoisotopic (exact) mass is 580 g/mol. The van der Waals surface area contributed by atoms with Gasteiger partial charge < -0.3 is 24.5 Å². The fourth-order valence-corrected chi connectivity index (χ4v) is 5.91. The lowest BCUT2D eigenvalue weighted by Crippen LogP contribution is -2.51. The second-order valence-electron chi connectivity index (χ2n) is 10.7. The number of imidazole rings is 1. The number of H-pyrrole nitrogens is 1. The van der Waals surface area contributed by atoms with Crippen LogP contribution in [-0.4, -0.2) is 57.8 Å². The highest BCUT2D eigenvalue weighted by Gasteiger charge is 2.44. The molecule has 4 heterocycles. The van der Waals surface area contributed by atoms with Gasteiger partial charge in [0, 0.05) is 43.6 Å². The molecule has 1 spiro atoms. The van der Waals surface area contributed by atoms with Crippen LogP contribution in [0.3, 0.4) is 0 Å². The molecule has 42 heavy (non-hydrogen) atoms. The van der Waals surface area contributed by atoms with E-state index in [9.17, 15) is 27.9 Å².